The third kappa shape index (κ3) is 6.80. The Bertz CT molecular complexity index is 2100. The van der Waals surface area contributed by atoms with E-state index in [4.69, 9.17) is 20.6 Å². The van der Waals surface area contributed by atoms with Gasteiger partial charge in [0.2, 0.25) is 0 Å². The molecule has 40 heavy (non-hydrogen) atoms. The number of aromatic nitrogens is 2. The van der Waals surface area contributed by atoms with Crippen LogP contribution in [0, 0.1) is 62.2 Å². The van der Waals surface area contributed by atoms with Crippen LogP contribution in [0.3, 0.4) is 0 Å². The van der Waals surface area contributed by atoms with Crippen molar-refractivity contribution < 1.29 is 49.8 Å². The minimum absolute atomic E-state index is 0. The van der Waals surface area contributed by atoms with Crippen molar-refractivity contribution in [2.45, 2.75) is 34.3 Å². The molecule has 0 N–H and O–H groups in total. The summed E-state index contributed by atoms with van der Waals surface area (Å²) in [5, 5.41) is 0. The van der Waals surface area contributed by atoms with E-state index in [-0.39, 0.29) is 53.5 Å². The minimum atomic E-state index is -2.69. The zero-order valence-electron chi connectivity index (χ0n) is 36.7. The summed E-state index contributed by atoms with van der Waals surface area (Å²) in [6.07, 6.45) is 2.83. The number of hydrogen-bond acceptors (Lipinski definition) is 0. The second kappa shape index (κ2) is 13.0. The van der Waals surface area contributed by atoms with Gasteiger partial charge >= 0.3 is 0 Å². The molecule has 0 fully saturated rings. The topological polar surface area (TPSA) is 7.76 Å². The first kappa shape index (κ1) is 15.8. The number of rotatable bonds is 3. The molecule has 0 saturated heterocycles. The number of hydrogen-bond donors (Lipinski definition) is 0. The molecule has 1 radical (unpaired) electrons. The van der Waals surface area contributed by atoms with E-state index in [0.717, 1.165) is 5.56 Å². The Balaban J connectivity index is 0.000000310. The predicted octanol–water partition coefficient (Wildman–Crippen LogP) is 8.13. The number of benzene rings is 3. The standard InChI is InChI=1S/C22H22N.C15H16N.Ir/c1-15-10-11-19(12-17(15)3)21-13-22(23(5)14-18(21)4)20-9-7-6-8-16(20)2;1-11-5-7-14(13(3)9-11)15-8-6-12(2)10-16(15)4;/h6-14H,2,5H2,1,3-4H3;5-10H,3-4H2,1-2H3;/q2*-1;/i1D3,3D3,4D3;1D3,2D3;. The number of aryl methyl sites for hydroxylation is 5. The van der Waals surface area contributed by atoms with Crippen molar-refractivity contribution in [3.63, 3.8) is 0 Å². The van der Waals surface area contributed by atoms with E-state index in [9.17, 15) is 0 Å². The molecule has 0 atom stereocenters. The summed E-state index contributed by atoms with van der Waals surface area (Å²) in [7, 11) is 7.74. The summed E-state index contributed by atoms with van der Waals surface area (Å²) in [5.74, 6) is 0. The molecular formula is C37H38IrN2-2. The SMILES string of the molecule is [2H]C([2H])([2H])c1c[n+]([CH2-])c(-c2ccccc2[CH2-])cc1-c1ccc(C([2H])([2H])[2H])c(C([2H])([2H])[2H])c1.[2H]C([2H])([2H])c1ccc(-c2ccc(C([2H])([2H])[2H])c[n+]2[CH2-])c([CH2-])c1.[Ir]. The summed E-state index contributed by atoms with van der Waals surface area (Å²) in [4.78, 5) is 0. The Morgan fingerprint density at radius 1 is 0.550 bits per heavy atom. The molecule has 3 aromatic carbocycles. The summed E-state index contributed by atoms with van der Waals surface area (Å²) in [6.45, 7) is -4.32. The van der Waals surface area contributed by atoms with Crippen molar-refractivity contribution in [2.24, 2.45) is 0 Å². The zero-order valence-corrected chi connectivity index (χ0v) is 24.1. The van der Waals surface area contributed by atoms with Gasteiger partial charge in [-0.15, -0.1) is 34.9 Å². The van der Waals surface area contributed by atoms with Gasteiger partial charge in [-0.3, -0.25) is 0 Å². The number of pyridine rings is 2. The molecule has 0 aliphatic rings. The molecule has 0 saturated carbocycles. The Hall–Kier alpha value is -3.91. The molecule has 3 heteroatoms. The van der Waals surface area contributed by atoms with Gasteiger partial charge in [0.25, 0.3) is 0 Å². The molecule has 2 aromatic heterocycles. The van der Waals surface area contributed by atoms with Crippen LogP contribution in [-0.2, 0) is 20.1 Å². The monoisotopic (exact) mass is 718 g/mol. The van der Waals surface area contributed by atoms with E-state index in [1.807, 2.05) is 24.3 Å². The second-order valence-electron chi connectivity index (χ2n) is 9.02. The predicted molar refractivity (Wildman–Crippen MR) is 164 cm³/mol. The van der Waals surface area contributed by atoms with Crippen LogP contribution in [0.4, 0.5) is 0 Å². The maximum absolute atomic E-state index is 7.97. The second-order valence-corrected chi connectivity index (χ2v) is 9.02. The molecule has 0 amide bonds. The molecule has 0 aliphatic heterocycles. The van der Waals surface area contributed by atoms with E-state index in [1.54, 1.807) is 18.2 Å². The van der Waals surface area contributed by atoms with Crippen LogP contribution in [0.1, 0.15) is 59.5 Å². The zero-order chi connectivity index (χ0) is 40.8. The first-order chi connectivity index (χ1) is 24.6. The first-order valence-corrected chi connectivity index (χ1v) is 11.9. The summed E-state index contributed by atoms with van der Waals surface area (Å²) >= 11 is 0. The molecule has 0 bridgehead atoms. The van der Waals surface area contributed by atoms with Gasteiger partial charge in [0.05, 0.1) is 23.8 Å². The van der Waals surface area contributed by atoms with Crippen LogP contribution in [0.15, 0.2) is 91.3 Å². The van der Waals surface area contributed by atoms with Crippen molar-refractivity contribution >= 4 is 0 Å². The smallest absolute Gasteiger partial charge is 0.0722 e. The molecule has 2 heterocycles. The van der Waals surface area contributed by atoms with Crippen LogP contribution < -0.4 is 9.13 Å². The van der Waals surface area contributed by atoms with Gasteiger partial charge in [-0.25, -0.2) is 0 Å². The van der Waals surface area contributed by atoms with Crippen LogP contribution in [0.5, 0.6) is 0 Å². The van der Waals surface area contributed by atoms with Crippen LogP contribution in [-0.4, -0.2) is 0 Å². The average Bonchev–Trinajstić information content (AvgIpc) is 3.03. The van der Waals surface area contributed by atoms with Gasteiger partial charge in [0, 0.05) is 54.8 Å². The van der Waals surface area contributed by atoms with E-state index in [0.29, 0.717) is 33.6 Å². The van der Waals surface area contributed by atoms with Gasteiger partial charge in [0.1, 0.15) is 0 Å². The van der Waals surface area contributed by atoms with Gasteiger partial charge in [-0.05, 0) is 60.8 Å². The Labute approximate surface area is 275 Å². The fraction of sp³-hybridized carbons (Fsp3) is 0.135. The van der Waals surface area contributed by atoms with Crippen molar-refractivity contribution in [3.05, 3.63) is 158 Å². The van der Waals surface area contributed by atoms with E-state index in [2.05, 4.69) is 27.9 Å². The molecule has 5 aromatic rings. The Kier molecular flexibility index (Phi) is 5.11. The summed E-state index contributed by atoms with van der Waals surface area (Å²) in [6, 6.07) is 20.7. The quantitative estimate of drug-likeness (QED) is 0.132. The number of nitrogens with zero attached hydrogens (tertiary/aromatic N) is 2. The molecule has 0 spiro atoms. The normalized spacial score (nSPS) is 17.4. The molecule has 0 unspecified atom stereocenters. The first-order valence-electron chi connectivity index (χ1n) is 19.4. The van der Waals surface area contributed by atoms with E-state index < -0.39 is 34.3 Å². The fourth-order valence-electron chi connectivity index (χ4n) is 4.18. The fourth-order valence-corrected chi connectivity index (χ4v) is 4.18. The van der Waals surface area contributed by atoms with Crippen molar-refractivity contribution in [2.75, 3.05) is 0 Å². The maximum Gasteiger partial charge on any atom is 0.0722 e. The van der Waals surface area contributed by atoms with E-state index in [1.165, 1.54) is 57.9 Å². The summed E-state index contributed by atoms with van der Waals surface area (Å²) in [5.41, 5.74) is 4.25. The van der Waals surface area contributed by atoms with Crippen LogP contribution in [0.25, 0.3) is 33.6 Å². The van der Waals surface area contributed by atoms with Gasteiger partial charge in [0.15, 0.2) is 0 Å². The van der Waals surface area contributed by atoms with Crippen LogP contribution in [0.2, 0.25) is 0 Å². The Morgan fingerprint density at radius 3 is 1.93 bits per heavy atom. The minimum Gasteiger partial charge on any atom is -0.343 e. The maximum atomic E-state index is 7.97. The van der Waals surface area contributed by atoms with Gasteiger partial charge in [-0.2, -0.15) is 37.1 Å². The van der Waals surface area contributed by atoms with Crippen molar-refractivity contribution in [1.29, 1.82) is 0 Å². The van der Waals surface area contributed by atoms with Crippen LogP contribution >= 0.6 is 0 Å². The molecule has 2 nitrogen and oxygen atoms in total. The molecular weight excluding hydrogens is 665 g/mol. The third-order valence-electron chi connectivity index (χ3n) is 6.20. The van der Waals surface area contributed by atoms with E-state index >= 15 is 0 Å². The largest absolute Gasteiger partial charge is 0.343 e. The van der Waals surface area contributed by atoms with Crippen molar-refractivity contribution in [3.8, 4) is 33.6 Å². The van der Waals surface area contributed by atoms with Crippen molar-refractivity contribution in [1.82, 2.24) is 0 Å². The molecule has 5 rings (SSSR count). The molecule has 0 aliphatic carbocycles. The summed E-state index contributed by atoms with van der Waals surface area (Å²) < 4.78 is 118. The Morgan fingerprint density at radius 2 is 1.25 bits per heavy atom. The average molecular weight is 718 g/mol. The van der Waals surface area contributed by atoms with Gasteiger partial charge in [-0.1, -0.05) is 55.4 Å². The third-order valence-corrected chi connectivity index (χ3v) is 6.20. The van der Waals surface area contributed by atoms with Gasteiger partial charge < -0.3 is 9.13 Å². The molecule has 207 valence electrons.